The Kier molecular flexibility index (Phi) is 3.35. The summed E-state index contributed by atoms with van der Waals surface area (Å²) in [6.45, 7) is 3.09. The summed E-state index contributed by atoms with van der Waals surface area (Å²) in [5.41, 5.74) is 2.25. The number of anilines is 1. The quantitative estimate of drug-likeness (QED) is 0.923. The molecule has 0 aliphatic heterocycles. The summed E-state index contributed by atoms with van der Waals surface area (Å²) in [4.78, 5) is 8.80. The lowest BCUT2D eigenvalue weighted by atomic mass is 9.84. The molecule has 4 heteroatoms. The van der Waals surface area contributed by atoms with E-state index in [1.165, 1.54) is 24.8 Å². The molecule has 1 aliphatic carbocycles. The van der Waals surface area contributed by atoms with Crippen molar-refractivity contribution in [3.8, 4) is 0 Å². The van der Waals surface area contributed by atoms with Gasteiger partial charge in [-0.25, -0.2) is 9.97 Å². The second kappa shape index (κ2) is 5.00. The van der Waals surface area contributed by atoms with Crippen molar-refractivity contribution >= 4 is 28.5 Å². The molecule has 0 unspecified atom stereocenters. The smallest absolute Gasteiger partial charge is 0.137 e. The van der Waals surface area contributed by atoms with Crippen LogP contribution in [0.4, 0.5) is 5.82 Å². The van der Waals surface area contributed by atoms with E-state index in [2.05, 4.69) is 46.7 Å². The number of hydrogen-bond donors (Lipinski definition) is 1. The fourth-order valence-electron chi connectivity index (χ4n) is 2.65. The number of aryl methyl sites for hydroxylation is 1. The number of benzene rings is 1. The molecule has 1 aliphatic rings. The molecule has 0 radical (unpaired) electrons. The molecule has 100 valence electrons. The van der Waals surface area contributed by atoms with Crippen molar-refractivity contribution in [2.45, 2.75) is 30.9 Å². The summed E-state index contributed by atoms with van der Waals surface area (Å²) in [6.07, 6.45) is 7.84. The molecule has 0 spiro atoms. The zero-order valence-corrected chi connectivity index (χ0v) is 12.3. The van der Waals surface area contributed by atoms with E-state index in [1.807, 2.05) is 11.8 Å². The Balaban J connectivity index is 1.87. The minimum absolute atomic E-state index is 0.418. The fourth-order valence-corrected chi connectivity index (χ4v) is 3.56. The van der Waals surface area contributed by atoms with Gasteiger partial charge in [0.2, 0.25) is 0 Å². The van der Waals surface area contributed by atoms with Gasteiger partial charge >= 0.3 is 0 Å². The van der Waals surface area contributed by atoms with Gasteiger partial charge in [-0.2, -0.15) is 11.8 Å². The van der Waals surface area contributed by atoms with Gasteiger partial charge in [0.1, 0.15) is 12.1 Å². The van der Waals surface area contributed by atoms with Crippen LogP contribution in [0.25, 0.3) is 10.9 Å². The highest BCUT2D eigenvalue weighted by Gasteiger charge is 2.35. The van der Waals surface area contributed by atoms with Gasteiger partial charge in [-0.1, -0.05) is 18.6 Å². The zero-order valence-electron chi connectivity index (χ0n) is 11.4. The molecule has 1 aromatic carbocycles. The molecule has 0 saturated heterocycles. The van der Waals surface area contributed by atoms with Crippen LogP contribution in [0.2, 0.25) is 0 Å². The Bertz CT molecular complexity index is 587. The highest BCUT2D eigenvalue weighted by Crippen LogP contribution is 2.42. The maximum atomic E-state index is 4.41. The maximum Gasteiger partial charge on any atom is 0.137 e. The molecule has 0 amide bonds. The highest BCUT2D eigenvalue weighted by atomic mass is 32.2. The van der Waals surface area contributed by atoms with Crippen molar-refractivity contribution < 1.29 is 0 Å². The summed E-state index contributed by atoms with van der Waals surface area (Å²) in [6, 6.07) is 6.26. The Morgan fingerprint density at radius 1 is 1.32 bits per heavy atom. The van der Waals surface area contributed by atoms with Crippen LogP contribution >= 0.6 is 11.8 Å². The second-order valence-corrected chi connectivity index (χ2v) is 6.56. The first-order chi connectivity index (χ1) is 9.24. The first-order valence-electron chi connectivity index (χ1n) is 6.73. The highest BCUT2D eigenvalue weighted by molar-refractivity contribution is 8.00. The van der Waals surface area contributed by atoms with Gasteiger partial charge in [-0.15, -0.1) is 0 Å². The van der Waals surface area contributed by atoms with Gasteiger partial charge in [0.15, 0.2) is 0 Å². The van der Waals surface area contributed by atoms with Gasteiger partial charge in [0.25, 0.3) is 0 Å². The van der Waals surface area contributed by atoms with Gasteiger partial charge in [-0.05, 0) is 37.7 Å². The molecule has 1 N–H and O–H groups in total. The third-order valence-corrected chi connectivity index (χ3v) is 5.56. The summed E-state index contributed by atoms with van der Waals surface area (Å²) < 4.78 is 0.418. The van der Waals surface area contributed by atoms with Gasteiger partial charge in [-0.3, -0.25) is 0 Å². The first kappa shape index (κ1) is 12.7. The van der Waals surface area contributed by atoms with Gasteiger partial charge in [0, 0.05) is 16.7 Å². The van der Waals surface area contributed by atoms with E-state index in [0.717, 1.165) is 23.3 Å². The molecule has 2 aromatic rings. The number of nitrogens with one attached hydrogen (secondary N) is 1. The SMILES string of the molecule is CSC1(CNc2ncnc3c(C)cccc23)CCC1. The fraction of sp³-hybridized carbons (Fsp3) is 0.467. The van der Waals surface area contributed by atoms with E-state index in [-0.39, 0.29) is 0 Å². The van der Waals surface area contributed by atoms with Crippen LogP contribution in [-0.2, 0) is 0 Å². The van der Waals surface area contributed by atoms with Crippen LogP contribution in [0.1, 0.15) is 24.8 Å². The van der Waals surface area contributed by atoms with Crippen molar-refractivity contribution in [3.05, 3.63) is 30.1 Å². The molecule has 1 heterocycles. The van der Waals surface area contributed by atoms with E-state index in [4.69, 9.17) is 0 Å². The van der Waals surface area contributed by atoms with Gasteiger partial charge in [0.05, 0.1) is 5.52 Å². The summed E-state index contributed by atoms with van der Waals surface area (Å²) >= 11 is 1.98. The normalized spacial score (nSPS) is 17.2. The van der Waals surface area contributed by atoms with E-state index in [0.29, 0.717) is 4.75 Å². The number of para-hydroxylation sites is 1. The third-order valence-electron chi connectivity index (χ3n) is 4.14. The lowest BCUT2D eigenvalue weighted by Crippen LogP contribution is -2.40. The zero-order chi connectivity index (χ0) is 13.3. The van der Waals surface area contributed by atoms with Crippen molar-refractivity contribution in [1.82, 2.24) is 9.97 Å². The van der Waals surface area contributed by atoms with Crippen molar-refractivity contribution in [3.63, 3.8) is 0 Å². The summed E-state index contributed by atoms with van der Waals surface area (Å²) in [7, 11) is 0. The minimum Gasteiger partial charge on any atom is -0.368 e. The molecular weight excluding hydrogens is 254 g/mol. The van der Waals surface area contributed by atoms with Gasteiger partial charge < -0.3 is 5.32 Å². The molecule has 0 atom stereocenters. The summed E-state index contributed by atoms with van der Waals surface area (Å²) in [5, 5.41) is 4.66. The molecule has 0 bridgehead atoms. The molecule has 3 rings (SSSR count). The third kappa shape index (κ3) is 2.29. The molecule has 19 heavy (non-hydrogen) atoms. The average molecular weight is 273 g/mol. The number of thioether (sulfide) groups is 1. The number of fused-ring (bicyclic) bond motifs is 1. The topological polar surface area (TPSA) is 37.8 Å². The number of aromatic nitrogens is 2. The predicted octanol–water partition coefficient (Wildman–Crippen LogP) is 3.64. The number of rotatable bonds is 4. The minimum atomic E-state index is 0.418. The van der Waals surface area contributed by atoms with E-state index >= 15 is 0 Å². The van der Waals surface area contributed by atoms with Crippen LogP contribution in [0.15, 0.2) is 24.5 Å². The molecule has 3 nitrogen and oxygen atoms in total. The van der Waals surface area contributed by atoms with Crippen molar-refractivity contribution in [2.75, 3.05) is 18.1 Å². The Morgan fingerprint density at radius 2 is 2.16 bits per heavy atom. The van der Waals surface area contributed by atoms with E-state index in [9.17, 15) is 0 Å². The Morgan fingerprint density at radius 3 is 2.84 bits per heavy atom. The van der Waals surface area contributed by atoms with E-state index < -0.39 is 0 Å². The second-order valence-electron chi connectivity index (χ2n) is 5.29. The predicted molar refractivity (Wildman–Crippen MR) is 82.9 cm³/mol. The largest absolute Gasteiger partial charge is 0.368 e. The van der Waals surface area contributed by atoms with Crippen molar-refractivity contribution in [2.24, 2.45) is 0 Å². The standard InChI is InChI=1S/C15H19N3S/c1-11-5-3-6-12-13(11)17-10-18-14(12)16-9-15(19-2)7-4-8-15/h3,5-6,10H,4,7-9H2,1-2H3,(H,16,17,18). The molecular formula is C15H19N3S. The lowest BCUT2D eigenvalue weighted by molar-refractivity contribution is 0.379. The monoisotopic (exact) mass is 273 g/mol. The first-order valence-corrected chi connectivity index (χ1v) is 7.96. The molecule has 1 saturated carbocycles. The van der Waals surface area contributed by atoms with Crippen molar-refractivity contribution in [1.29, 1.82) is 0 Å². The molecule has 1 aromatic heterocycles. The average Bonchev–Trinajstić information content (AvgIpc) is 2.39. The van der Waals surface area contributed by atoms with Crippen LogP contribution < -0.4 is 5.32 Å². The Labute approximate surface area is 118 Å². The van der Waals surface area contributed by atoms with Crippen LogP contribution in [0, 0.1) is 6.92 Å². The number of nitrogens with zero attached hydrogens (tertiary/aromatic N) is 2. The molecule has 1 fully saturated rings. The lowest BCUT2D eigenvalue weighted by Gasteiger charge is -2.40. The van der Waals surface area contributed by atoms with Crippen LogP contribution in [0.3, 0.4) is 0 Å². The van der Waals surface area contributed by atoms with E-state index in [1.54, 1.807) is 6.33 Å². The Hall–Kier alpha value is -1.29. The van der Waals surface area contributed by atoms with Crippen LogP contribution in [-0.4, -0.2) is 27.5 Å². The van der Waals surface area contributed by atoms with Crippen LogP contribution in [0.5, 0.6) is 0 Å². The number of hydrogen-bond acceptors (Lipinski definition) is 4. The maximum absolute atomic E-state index is 4.41. The summed E-state index contributed by atoms with van der Waals surface area (Å²) in [5.74, 6) is 0.967.